The molecule has 106 valence electrons. The summed E-state index contributed by atoms with van der Waals surface area (Å²) in [5.74, 6) is -0.00224. The molecule has 0 aliphatic rings. The van der Waals surface area contributed by atoms with Gasteiger partial charge in [0.05, 0.1) is 0 Å². The first-order chi connectivity index (χ1) is 9.63. The quantitative estimate of drug-likeness (QED) is 0.288. The molecule has 5 nitrogen and oxygen atoms in total. The van der Waals surface area contributed by atoms with Gasteiger partial charge < -0.3 is 10.9 Å². The summed E-state index contributed by atoms with van der Waals surface area (Å²) in [7, 11) is 0. The summed E-state index contributed by atoms with van der Waals surface area (Å²) in [4.78, 5) is 0. The monoisotopic (exact) mass is 330 g/mol. The molecule has 20 heavy (non-hydrogen) atoms. The van der Waals surface area contributed by atoms with Gasteiger partial charge in [-0.15, -0.1) is 10.2 Å². The molecule has 0 unspecified atom stereocenters. The zero-order valence-corrected chi connectivity index (χ0v) is 12.9. The van der Waals surface area contributed by atoms with E-state index in [1.165, 1.54) is 47.0 Å². The van der Waals surface area contributed by atoms with Crippen LogP contribution in [0.5, 0.6) is 0 Å². The Morgan fingerprint density at radius 2 is 2.20 bits per heavy atom. The summed E-state index contributed by atoms with van der Waals surface area (Å²) in [6, 6.07) is 4.21. The molecule has 1 heterocycles. The Kier molecular flexibility index (Phi) is 5.21. The number of oxime groups is 1. The molecule has 0 bridgehead atoms. The second-order valence-corrected chi connectivity index (χ2v) is 6.87. The molecule has 1 aromatic carbocycles. The highest BCUT2D eigenvalue weighted by atomic mass is 32.2. The van der Waals surface area contributed by atoms with E-state index >= 15 is 0 Å². The lowest BCUT2D eigenvalue weighted by atomic mass is 10.1. The SMILES string of the molecule is CSc1nnc(SCc2ccc(F)cc2/C(N)=N/O)s1. The van der Waals surface area contributed by atoms with E-state index in [1.54, 1.807) is 6.07 Å². The zero-order chi connectivity index (χ0) is 14.5. The Morgan fingerprint density at radius 1 is 1.45 bits per heavy atom. The van der Waals surface area contributed by atoms with Crippen molar-refractivity contribution in [1.29, 1.82) is 0 Å². The molecule has 0 spiro atoms. The van der Waals surface area contributed by atoms with Crippen LogP contribution >= 0.6 is 34.9 Å². The Hall–Kier alpha value is -1.32. The third kappa shape index (κ3) is 3.62. The summed E-state index contributed by atoms with van der Waals surface area (Å²) in [5.41, 5.74) is 6.71. The van der Waals surface area contributed by atoms with Crippen molar-refractivity contribution in [2.24, 2.45) is 10.9 Å². The third-order valence-corrected chi connectivity index (χ3v) is 5.45. The van der Waals surface area contributed by atoms with Gasteiger partial charge in [-0.3, -0.25) is 0 Å². The van der Waals surface area contributed by atoms with Crippen LogP contribution in [-0.2, 0) is 5.75 Å². The highest BCUT2D eigenvalue weighted by Crippen LogP contribution is 2.30. The van der Waals surface area contributed by atoms with Crippen LogP contribution in [0.3, 0.4) is 0 Å². The van der Waals surface area contributed by atoms with E-state index in [0.29, 0.717) is 11.3 Å². The van der Waals surface area contributed by atoms with E-state index in [-0.39, 0.29) is 5.84 Å². The predicted molar refractivity (Wildman–Crippen MR) is 80.2 cm³/mol. The molecule has 0 aliphatic carbocycles. The fourth-order valence-electron chi connectivity index (χ4n) is 1.44. The molecular formula is C11H11FN4OS3. The average Bonchev–Trinajstić information content (AvgIpc) is 2.93. The zero-order valence-electron chi connectivity index (χ0n) is 10.4. The number of rotatable bonds is 5. The number of hydrogen-bond acceptors (Lipinski definition) is 7. The van der Waals surface area contributed by atoms with Crippen molar-refractivity contribution in [3.8, 4) is 0 Å². The molecule has 0 radical (unpaired) electrons. The highest BCUT2D eigenvalue weighted by molar-refractivity contribution is 8.02. The molecule has 0 amide bonds. The van der Waals surface area contributed by atoms with Gasteiger partial charge in [0.1, 0.15) is 5.82 Å². The average molecular weight is 330 g/mol. The maximum Gasteiger partial charge on any atom is 0.175 e. The Balaban J connectivity index is 2.16. The van der Waals surface area contributed by atoms with Gasteiger partial charge in [-0.25, -0.2) is 4.39 Å². The van der Waals surface area contributed by atoms with E-state index in [9.17, 15) is 4.39 Å². The lowest BCUT2D eigenvalue weighted by Crippen LogP contribution is -2.15. The predicted octanol–water partition coefficient (Wildman–Crippen LogP) is 2.79. The van der Waals surface area contributed by atoms with Gasteiger partial charge in [-0.1, -0.05) is 46.1 Å². The molecule has 2 aromatic rings. The van der Waals surface area contributed by atoms with Crippen molar-refractivity contribution in [1.82, 2.24) is 10.2 Å². The lowest BCUT2D eigenvalue weighted by Gasteiger charge is -2.07. The first-order valence-corrected chi connectivity index (χ1v) is 8.43. The molecule has 0 fully saturated rings. The number of benzene rings is 1. The minimum atomic E-state index is -0.430. The fraction of sp³-hybridized carbons (Fsp3) is 0.182. The van der Waals surface area contributed by atoms with E-state index < -0.39 is 5.82 Å². The molecule has 3 N–H and O–H groups in total. The van der Waals surface area contributed by atoms with Gasteiger partial charge in [-0.05, 0) is 24.0 Å². The summed E-state index contributed by atoms with van der Waals surface area (Å²) >= 11 is 4.50. The lowest BCUT2D eigenvalue weighted by molar-refractivity contribution is 0.318. The van der Waals surface area contributed by atoms with E-state index in [0.717, 1.165) is 14.2 Å². The standard InChI is InChI=1S/C11H11FN4OS3/c1-18-10-14-15-11(20-10)19-5-6-2-3-7(12)4-8(6)9(13)16-17/h2-4,17H,5H2,1H3,(H2,13,16). The van der Waals surface area contributed by atoms with Crippen LogP contribution in [0, 0.1) is 5.82 Å². The summed E-state index contributed by atoms with van der Waals surface area (Å²) in [5, 5.41) is 19.7. The van der Waals surface area contributed by atoms with Crippen molar-refractivity contribution >= 4 is 40.7 Å². The van der Waals surface area contributed by atoms with E-state index in [4.69, 9.17) is 10.9 Å². The maximum absolute atomic E-state index is 13.2. The van der Waals surface area contributed by atoms with E-state index in [2.05, 4.69) is 15.4 Å². The highest BCUT2D eigenvalue weighted by Gasteiger charge is 2.11. The number of hydrogen-bond donors (Lipinski definition) is 2. The van der Waals surface area contributed by atoms with Crippen molar-refractivity contribution in [2.75, 3.05) is 6.26 Å². The van der Waals surface area contributed by atoms with Crippen LogP contribution in [0.1, 0.15) is 11.1 Å². The number of halogens is 1. The molecule has 0 atom stereocenters. The van der Waals surface area contributed by atoms with Crippen LogP contribution < -0.4 is 5.73 Å². The van der Waals surface area contributed by atoms with Crippen molar-refractivity contribution < 1.29 is 9.60 Å². The van der Waals surface area contributed by atoms with Crippen molar-refractivity contribution in [3.05, 3.63) is 35.1 Å². The van der Waals surface area contributed by atoms with E-state index in [1.807, 2.05) is 6.26 Å². The van der Waals surface area contributed by atoms with Crippen LogP contribution in [0.25, 0.3) is 0 Å². The Bertz CT molecular complexity index is 632. The number of amidine groups is 1. The first-order valence-electron chi connectivity index (χ1n) is 5.40. The van der Waals surface area contributed by atoms with Gasteiger partial charge in [0.25, 0.3) is 0 Å². The molecule has 0 aliphatic heterocycles. The number of nitrogens with zero attached hydrogens (tertiary/aromatic N) is 3. The smallest absolute Gasteiger partial charge is 0.175 e. The van der Waals surface area contributed by atoms with Crippen LogP contribution in [0.4, 0.5) is 4.39 Å². The van der Waals surface area contributed by atoms with Gasteiger partial charge >= 0.3 is 0 Å². The molecule has 9 heteroatoms. The molecular weight excluding hydrogens is 319 g/mol. The Morgan fingerprint density at radius 3 is 2.85 bits per heavy atom. The topological polar surface area (TPSA) is 84.4 Å². The van der Waals surface area contributed by atoms with Gasteiger partial charge in [-0.2, -0.15) is 0 Å². The molecule has 2 rings (SSSR count). The molecule has 0 saturated heterocycles. The molecule has 1 aromatic heterocycles. The normalized spacial score (nSPS) is 11.8. The first kappa shape index (κ1) is 15.1. The number of nitrogens with two attached hydrogens (primary N) is 1. The summed E-state index contributed by atoms with van der Waals surface area (Å²) in [6.07, 6.45) is 1.94. The third-order valence-electron chi connectivity index (χ3n) is 2.37. The minimum absolute atomic E-state index is 0.109. The van der Waals surface area contributed by atoms with Crippen LogP contribution in [0.15, 0.2) is 32.0 Å². The summed E-state index contributed by atoms with van der Waals surface area (Å²) < 4.78 is 14.9. The fourth-order valence-corrected chi connectivity index (χ4v) is 3.89. The summed E-state index contributed by atoms with van der Waals surface area (Å²) in [6.45, 7) is 0. The van der Waals surface area contributed by atoms with Crippen LogP contribution in [-0.4, -0.2) is 27.5 Å². The maximum atomic E-state index is 13.2. The van der Waals surface area contributed by atoms with Gasteiger partial charge in [0.15, 0.2) is 14.5 Å². The molecule has 0 saturated carbocycles. The number of thioether (sulfide) groups is 2. The second kappa shape index (κ2) is 6.91. The largest absolute Gasteiger partial charge is 0.409 e. The minimum Gasteiger partial charge on any atom is -0.409 e. The number of aromatic nitrogens is 2. The Labute approximate surface area is 127 Å². The van der Waals surface area contributed by atoms with Crippen molar-refractivity contribution in [3.63, 3.8) is 0 Å². The van der Waals surface area contributed by atoms with Crippen molar-refractivity contribution in [2.45, 2.75) is 14.4 Å². The van der Waals surface area contributed by atoms with Gasteiger partial charge in [0, 0.05) is 11.3 Å². The second-order valence-electron chi connectivity index (χ2n) is 3.61. The van der Waals surface area contributed by atoms with Gasteiger partial charge in [0.2, 0.25) is 0 Å². The van der Waals surface area contributed by atoms with Crippen LogP contribution in [0.2, 0.25) is 0 Å².